The number of carbonyl (C=O) groups excluding carboxylic acids is 1. The third-order valence-electron chi connectivity index (χ3n) is 5.35. The zero-order valence-corrected chi connectivity index (χ0v) is 14.9. The van der Waals surface area contributed by atoms with Gasteiger partial charge in [0, 0.05) is 29.1 Å². The van der Waals surface area contributed by atoms with Crippen LogP contribution in [0.5, 0.6) is 0 Å². The largest absolute Gasteiger partial charge is 0.341 e. The first-order valence-electron chi connectivity index (χ1n) is 8.39. The van der Waals surface area contributed by atoms with Gasteiger partial charge in [-0.05, 0) is 54.7 Å². The Morgan fingerprint density at radius 2 is 1.79 bits per heavy atom. The summed E-state index contributed by atoms with van der Waals surface area (Å²) in [7, 11) is 0. The maximum atomic E-state index is 13.1. The molecule has 1 unspecified atom stereocenters. The molecule has 0 bridgehead atoms. The van der Waals surface area contributed by atoms with E-state index in [-0.39, 0.29) is 11.3 Å². The van der Waals surface area contributed by atoms with Crippen LogP contribution in [0.15, 0.2) is 48.5 Å². The molecule has 0 spiro atoms. The van der Waals surface area contributed by atoms with Gasteiger partial charge in [-0.25, -0.2) is 0 Å². The monoisotopic (exact) mass is 359 g/mol. The van der Waals surface area contributed by atoms with Crippen molar-refractivity contribution in [1.29, 1.82) is 0 Å². The molecule has 124 valence electrons. The fourth-order valence-corrected chi connectivity index (χ4v) is 4.12. The van der Waals surface area contributed by atoms with Crippen LogP contribution in [-0.4, -0.2) is 23.9 Å². The molecule has 0 N–H and O–H groups in total. The van der Waals surface area contributed by atoms with E-state index in [1.54, 1.807) is 0 Å². The van der Waals surface area contributed by atoms with Gasteiger partial charge < -0.3 is 4.90 Å². The Hall–Kier alpha value is -1.51. The first-order chi connectivity index (χ1) is 11.6. The molecule has 2 nitrogen and oxygen atoms in total. The third-order valence-corrected chi connectivity index (χ3v) is 5.84. The van der Waals surface area contributed by atoms with Crippen molar-refractivity contribution in [3.63, 3.8) is 0 Å². The minimum atomic E-state index is -0.312. The van der Waals surface area contributed by atoms with E-state index in [1.807, 2.05) is 47.4 Å². The van der Waals surface area contributed by atoms with Gasteiger partial charge in [0.15, 0.2) is 0 Å². The van der Waals surface area contributed by atoms with E-state index in [1.165, 1.54) is 5.56 Å². The summed E-state index contributed by atoms with van der Waals surface area (Å²) in [6.07, 6.45) is 2.88. The van der Waals surface area contributed by atoms with E-state index >= 15 is 0 Å². The summed E-state index contributed by atoms with van der Waals surface area (Å²) in [5.41, 5.74) is 2.02. The molecule has 1 aliphatic carbocycles. The summed E-state index contributed by atoms with van der Waals surface area (Å²) < 4.78 is 0. The second kappa shape index (κ2) is 6.09. The molecule has 1 atom stereocenters. The molecule has 1 heterocycles. The summed E-state index contributed by atoms with van der Waals surface area (Å²) in [5.74, 6) is 0.656. The molecule has 2 aromatic rings. The van der Waals surface area contributed by atoms with E-state index in [0.717, 1.165) is 42.9 Å². The molecule has 2 aromatic carbocycles. The van der Waals surface area contributed by atoms with Gasteiger partial charge in [0.1, 0.15) is 0 Å². The lowest BCUT2D eigenvalue weighted by atomic mass is 9.94. The van der Waals surface area contributed by atoms with Gasteiger partial charge in [-0.1, -0.05) is 47.5 Å². The Bertz CT molecular complexity index is 767. The van der Waals surface area contributed by atoms with E-state index < -0.39 is 0 Å². The lowest BCUT2D eigenvalue weighted by Crippen LogP contribution is -2.37. The van der Waals surface area contributed by atoms with E-state index in [2.05, 4.69) is 6.07 Å². The molecule has 0 aromatic heterocycles. The van der Waals surface area contributed by atoms with Gasteiger partial charge in [-0.15, -0.1) is 0 Å². The average Bonchev–Trinajstić information content (AvgIpc) is 3.24. The highest BCUT2D eigenvalue weighted by Gasteiger charge is 2.53. The summed E-state index contributed by atoms with van der Waals surface area (Å²) >= 11 is 12.1. The number of hydrogen-bond donors (Lipinski definition) is 0. The van der Waals surface area contributed by atoms with Gasteiger partial charge in [0.2, 0.25) is 5.91 Å². The molecule has 24 heavy (non-hydrogen) atoms. The van der Waals surface area contributed by atoms with Gasteiger partial charge in [0.25, 0.3) is 0 Å². The second-order valence-electron chi connectivity index (χ2n) is 6.88. The van der Waals surface area contributed by atoms with Crippen LogP contribution >= 0.6 is 23.2 Å². The first-order valence-corrected chi connectivity index (χ1v) is 9.15. The van der Waals surface area contributed by atoms with Crippen molar-refractivity contribution in [3.8, 4) is 0 Å². The second-order valence-corrected chi connectivity index (χ2v) is 7.75. The standard InChI is InChI=1S/C20H19Cl2NO/c21-17-6-4-16(5-7-17)20(9-10-20)19(24)23-11-8-15(13-23)14-2-1-3-18(22)12-14/h1-7,12,15H,8-11,13H2. The fourth-order valence-electron chi connectivity index (χ4n) is 3.80. The summed E-state index contributed by atoms with van der Waals surface area (Å²) in [6, 6.07) is 15.8. The Labute approximate surface area is 152 Å². The van der Waals surface area contributed by atoms with Crippen molar-refractivity contribution in [1.82, 2.24) is 4.90 Å². The van der Waals surface area contributed by atoms with Gasteiger partial charge in [-0.3, -0.25) is 4.79 Å². The Morgan fingerprint density at radius 1 is 1.04 bits per heavy atom. The summed E-state index contributed by atoms with van der Waals surface area (Å²) in [5, 5.41) is 1.47. The number of nitrogens with zero attached hydrogens (tertiary/aromatic N) is 1. The van der Waals surface area contributed by atoms with E-state index in [9.17, 15) is 4.79 Å². The third kappa shape index (κ3) is 2.82. The zero-order chi connectivity index (χ0) is 16.7. The SMILES string of the molecule is O=C(N1CCC(c2cccc(Cl)c2)C1)C1(c2ccc(Cl)cc2)CC1. The van der Waals surface area contributed by atoms with Crippen molar-refractivity contribution >= 4 is 29.1 Å². The first kappa shape index (κ1) is 16.0. The molecule has 1 saturated heterocycles. The predicted molar refractivity (Wildman–Crippen MR) is 97.8 cm³/mol. The van der Waals surface area contributed by atoms with E-state index in [4.69, 9.17) is 23.2 Å². The Morgan fingerprint density at radius 3 is 2.46 bits per heavy atom. The summed E-state index contributed by atoms with van der Waals surface area (Å²) in [4.78, 5) is 15.2. The van der Waals surface area contributed by atoms with Crippen molar-refractivity contribution in [2.24, 2.45) is 0 Å². The Balaban J connectivity index is 1.51. The average molecular weight is 360 g/mol. The van der Waals surface area contributed by atoms with Gasteiger partial charge in [0.05, 0.1) is 5.41 Å². The minimum absolute atomic E-state index is 0.273. The smallest absolute Gasteiger partial charge is 0.233 e. The number of halogens is 2. The van der Waals surface area contributed by atoms with Crippen LogP contribution in [0.4, 0.5) is 0 Å². The maximum absolute atomic E-state index is 13.1. The molecule has 1 saturated carbocycles. The van der Waals surface area contributed by atoms with Crippen molar-refractivity contribution in [3.05, 3.63) is 69.7 Å². The van der Waals surface area contributed by atoms with Crippen LogP contribution in [0.1, 0.15) is 36.3 Å². The summed E-state index contributed by atoms with van der Waals surface area (Å²) in [6.45, 7) is 1.61. The normalized spacial score (nSPS) is 21.8. The molecule has 1 amide bonds. The molecule has 2 aliphatic rings. The number of rotatable bonds is 3. The highest BCUT2D eigenvalue weighted by atomic mass is 35.5. The van der Waals surface area contributed by atoms with Crippen LogP contribution in [0.2, 0.25) is 10.0 Å². The molecular weight excluding hydrogens is 341 g/mol. The van der Waals surface area contributed by atoms with E-state index in [0.29, 0.717) is 10.9 Å². The maximum Gasteiger partial charge on any atom is 0.233 e. The molecule has 2 fully saturated rings. The lowest BCUT2D eigenvalue weighted by Gasteiger charge is -2.24. The number of likely N-dealkylation sites (tertiary alicyclic amines) is 1. The molecule has 0 radical (unpaired) electrons. The highest BCUT2D eigenvalue weighted by molar-refractivity contribution is 6.30. The quantitative estimate of drug-likeness (QED) is 0.751. The van der Waals surface area contributed by atoms with Crippen LogP contribution in [-0.2, 0) is 10.2 Å². The van der Waals surface area contributed by atoms with Crippen molar-refractivity contribution in [2.75, 3.05) is 13.1 Å². The van der Waals surface area contributed by atoms with Crippen LogP contribution in [0.3, 0.4) is 0 Å². The van der Waals surface area contributed by atoms with Crippen molar-refractivity contribution in [2.45, 2.75) is 30.6 Å². The van der Waals surface area contributed by atoms with Crippen LogP contribution in [0, 0.1) is 0 Å². The molecule has 4 heteroatoms. The van der Waals surface area contributed by atoms with Gasteiger partial charge in [-0.2, -0.15) is 0 Å². The fraction of sp³-hybridized carbons (Fsp3) is 0.350. The van der Waals surface area contributed by atoms with Crippen molar-refractivity contribution < 1.29 is 4.79 Å². The number of carbonyl (C=O) groups is 1. The highest BCUT2D eigenvalue weighted by Crippen LogP contribution is 2.50. The van der Waals surface area contributed by atoms with Crippen LogP contribution in [0.25, 0.3) is 0 Å². The molecular formula is C20H19Cl2NO. The Kier molecular flexibility index (Phi) is 4.06. The van der Waals surface area contributed by atoms with Crippen LogP contribution < -0.4 is 0 Å². The number of hydrogen-bond acceptors (Lipinski definition) is 1. The number of benzene rings is 2. The van der Waals surface area contributed by atoms with Gasteiger partial charge >= 0.3 is 0 Å². The predicted octanol–water partition coefficient (Wildman–Crippen LogP) is 5.04. The molecule has 1 aliphatic heterocycles. The number of amides is 1. The topological polar surface area (TPSA) is 20.3 Å². The molecule has 4 rings (SSSR count). The lowest BCUT2D eigenvalue weighted by molar-refractivity contribution is -0.132. The zero-order valence-electron chi connectivity index (χ0n) is 13.3. The minimum Gasteiger partial charge on any atom is -0.341 e.